The van der Waals surface area contributed by atoms with Crippen LogP contribution in [-0.2, 0) is 9.47 Å². The Labute approximate surface area is 94.9 Å². The predicted octanol–water partition coefficient (Wildman–Crippen LogP) is 0.372. The lowest BCUT2D eigenvalue weighted by Crippen LogP contribution is -2.15. The van der Waals surface area contributed by atoms with Crippen LogP contribution in [0, 0.1) is 0 Å². The van der Waals surface area contributed by atoms with Gasteiger partial charge in [0.15, 0.2) is 0 Å². The molecule has 0 aliphatic rings. The smallest absolute Gasteiger partial charge is 0.0750 e. The maximum absolute atomic E-state index is 5.28. The van der Waals surface area contributed by atoms with Crippen molar-refractivity contribution in [1.82, 2.24) is 0 Å². The van der Waals surface area contributed by atoms with Gasteiger partial charge in [-0.05, 0) is 0 Å². The van der Waals surface area contributed by atoms with E-state index in [1.54, 1.807) is 0 Å². The highest BCUT2D eigenvalue weighted by molar-refractivity contribution is 7.80. The fourth-order valence-electron chi connectivity index (χ4n) is 0.667. The molecule has 0 amide bonds. The topological polar surface area (TPSA) is 70.5 Å². The third kappa shape index (κ3) is 11.7. The van der Waals surface area contributed by atoms with Crippen LogP contribution >= 0.6 is 24.4 Å². The van der Waals surface area contributed by atoms with Crippen molar-refractivity contribution in [1.29, 1.82) is 0 Å². The maximum atomic E-state index is 5.28. The monoisotopic (exact) mass is 236 g/mol. The molecule has 0 bridgehead atoms. The van der Waals surface area contributed by atoms with Gasteiger partial charge >= 0.3 is 0 Å². The second-order valence-electron chi connectivity index (χ2n) is 2.66. The first-order valence-electron chi connectivity index (χ1n) is 4.35. The van der Waals surface area contributed by atoms with Gasteiger partial charge in [0, 0.05) is 12.8 Å². The standard InChI is InChI=1S/C8H16N2O2S2/c9-7(13)1-3-11-5-6-12-4-2-8(10)14/h1-6H2,(H2,9,13)(H2,10,14). The molecule has 0 unspecified atom stereocenters. The molecule has 0 saturated heterocycles. The fraction of sp³-hybridized carbons (Fsp3) is 0.750. The van der Waals surface area contributed by atoms with Crippen molar-refractivity contribution in [2.75, 3.05) is 26.4 Å². The Morgan fingerprint density at radius 1 is 0.786 bits per heavy atom. The lowest BCUT2D eigenvalue weighted by Gasteiger charge is -2.04. The second kappa shape index (κ2) is 9.26. The van der Waals surface area contributed by atoms with Gasteiger partial charge in [0.2, 0.25) is 0 Å². The zero-order valence-electron chi connectivity index (χ0n) is 8.03. The van der Waals surface area contributed by atoms with Crippen LogP contribution in [0.3, 0.4) is 0 Å². The van der Waals surface area contributed by atoms with Crippen molar-refractivity contribution in [3.8, 4) is 0 Å². The van der Waals surface area contributed by atoms with E-state index in [4.69, 9.17) is 20.9 Å². The van der Waals surface area contributed by atoms with Crippen LogP contribution in [0.2, 0.25) is 0 Å². The highest BCUT2D eigenvalue weighted by Crippen LogP contribution is 1.86. The average Bonchev–Trinajstić information content (AvgIpc) is 2.08. The number of hydrogen-bond donors (Lipinski definition) is 2. The van der Waals surface area contributed by atoms with E-state index >= 15 is 0 Å². The van der Waals surface area contributed by atoms with Crippen molar-refractivity contribution in [3.63, 3.8) is 0 Å². The summed E-state index contributed by atoms with van der Waals surface area (Å²) in [6.07, 6.45) is 1.23. The Morgan fingerprint density at radius 3 is 1.43 bits per heavy atom. The molecule has 0 aromatic rings. The van der Waals surface area contributed by atoms with Gasteiger partial charge in [-0.25, -0.2) is 0 Å². The Balaban J connectivity index is 2.99. The molecule has 0 saturated carbocycles. The Kier molecular flexibility index (Phi) is 9.06. The number of ether oxygens (including phenoxy) is 2. The van der Waals surface area contributed by atoms with Crippen molar-refractivity contribution in [2.45, 2.75) is 12.8 Å². The number of rotatable bonds is 9. The molecule has 0 fully saturated rings. The van der Waals surface area contributed by atoms with E-state index in [9.17, 15) is 0 Å². The molecule has 0 spiro atoms. The van der Waals surface area contributed by atoms with Crippen molar-refractivity contribution in [3.05, 3.63) is 0 Å². The first-order valence-corrected chi connectivity index (χ1v) is 5.16. The molecule has 0 aromatic carbocycles. The summed E-state index contributed by atoms with van der Waals surface area (Å²) in [5, 5.41) is 0. The van der Waals surface area contributed by atoms with Gasteiger partial charge in [-0.3, -0.25) is 0 Å². The Hall–Kier alpha value is -0.300. The molecule has 82 valence electrons. The zero-order chi connectivity index (χ0) is 10.8. The number of nitrogens with two attached hydrogens (primary N) is 2. The van der Waals surface area contributed by atoms with Crippen molar-refractivity contribution < 1.29 is 9.47 Å². The Bertz CT molecular complexity index is 168. The highest BCUT2D eigenvalue weighted by atomic mass is 32.1. The van der Waals surface area contributed by atoms with E-state index in [1.165, 1.54) is 0 Å². The molecule has 0 atom stereocenters. The average molecular weight is 236 g/mol. The predicted molar refractivity (Wildman–Crippen MR) is 64.4 cm³/mol. The summed E-state index contributed by atoms with van der Waals surface area (Å²) in [5.41, 5.74) is 10.6. The van der Waals surface area contributed by atoms with Gasteiger partial charge in [0.25, 0.3) is 0 Å². The van der Waals surface area contributed by atoms with Gasteiger partial charge in [-0.1, -0.05) is 24.4 Å². The fourth-order valence-corrected chi connectivity index (χ4v) is 0.834. The SMILES string of the molecule is NC(=S)CCOCCOCCC(N)=S. The molecule has 6 heteroatoms. The minimum Gasteiger partial charge on any atom is -0.393 e. The van der Waals surface area contributed by atoms with Crippen molar-refractivity contribution >= 4 is 34.4 Å². The molecule has 0 aromatic heterocycles. The quantitative estimate of drug-likeness (QED) is 0.445. The zero-order valence-corrected chi connectivity index (χ0v) is 9.66. The van der Waals surface area contributed by atoms with Crippen molar-refractivity contribution in [2.24, 2.45) is 11.5 Å². The van der Waals surface area contributed by atoms with E-state index in [0.29, 0.717) is 49.2 Å². The molecular formula is C8H16N2O2S2. The van der Waals surface area contributed by atoms with Crippen LogP contribution in [0.1, 0.15) is 12.8 Å². The molecule has 14 heavy (non-hydrogen) atoms. The summed E-state index contributed by atoms with van der Waals surface area (Å²) in [6.45, 7) is 2.18. The minimum absolute atomic E-state index is 0.472. The molecule has 0 heterocycles. The Morgan fingerprint density at radius 2 is 1.14 bits per heavy atom. The van der Waals surface area contributed by atoms with Crippen LogP contribution in [-0.4, -0.2) is 36.4 Å². The van der Waals surface area contributed by atoms with E-state index in [-0.39, 0.29) is 0 Å². The lowest BCUT2D eigenvalue weighted by molar-refractivity contribution is 0.0533. The first kappa shape index (κ1) is 13.7. The van der Waals surface area contributed by atoms with Crippen LogP contribution in [0.15, 0.2) is 0 Å². The number of thiocarbonyl (C=S) groups is 2. The molecule has 0 aliphatic heterocycles. The van der Waals surface area contributed by atoms with Gasteiger partial charge < -0.3 is 20.9 Å². The van der Waals surface area contributed by atoms with E-state index in [1.807, 2.05) is 0 Å². The first-order chi connectivity index (χ1) is 6.63. The lowest BCUT2D eigenvalue weighted by atomic mass is 10.4. The summed E-state index contributed by atoms with van der Waals surface area (Å²) in [4.78, 5) is 0.943. The van der Waals surface area contributed by atoms with Crippen LogP contribution in [0.4, 0.5) is 0 Å². The molecule has 4 nitrogen and oxygen atoms in total. The second-order valence-corrected chi connectivity index (χ2v) is 3.71. The van der Waals surface area contributed by atoms with Crippen LogP contribution in [0.5, 0.6) is 0 Å². The van der Waals surface area contributed by atoms with E-state index < -0.39 is 0 Å². The van der Waals surface area contributed by atoms with Gasteiger partial charge in [0.1, 0.15) is 0 Å². The molecule has 0 rings (SSSR count). The summed E-state index contributed by atoms with van der Waals surface area (Å²) < 4.78 is 10.4. The van der Waals surface area contributed by atoms with Gasteiger partial charge in [-0.2, -0.15) is 0 Å². The van der Waals surface area contributed by atoms with E-state index in [0.717, 1.165) is 0 Å². The maximum Gasteiger partial charge on any atom is 0.0750 e. The molecular weight excluding hydrogens is 220 g/mol. The summed E-state index contributed by atoms with van der Waals surface area (Å²) in [5.74, 6) is 0. The highest BCUT2D eigenvalue weighted by Gasteiger charge is 1.93. The van der Waals surface area contributed by atoms with Crippen LogP contribution < -0.4 is 11.5 Å². The number of hydrogen-bond acceptors (Lipinski definition) is 4. The summed E-state index contributed by atoms with van der Waals surface area (Å²) >= 11 is 9.36. The van der Waals surface area contributed by atoms with Gasteiger partial charge in [0.05, 0.1) is 36.4 Å². The normalized spacial score (nSPS) is 10.0. The largest absolute Gasteiger partial charge is 0.393 e. The molecule has 0 radical (unpaired) electrons. The summed E-state index contributed by atoms with van der Waals surface area (Å²) in [6, 6.07) is 0. The molecule has 4 N–H and O–H groups in total. The molecule has 0 aliphatic carbocycles. The van der Waals surface area contributed by atoms with Gasteiger partial charge in [-0.15, -0.1) is 0 Å². The third-order valence-electron chi connectivity index (χ3n) is 1.36. The third-order valence-corrected chi connectivity index (χ3v) is 1.77. The van der Waals surface area contributed by atoms with E-state index in [2.05, 4.69) is 24.4 Å². The van der Waals surface area contributed by atoms with Crippen LogP contribution in [0.25, 0.3) is 0 Å². The summed E-state index contributed by atoms with van der Waals surface area (Å²) in [7, 11) is 0. The minimum atomic E-state index is 0.472.